The molecule has 0 unspecified atom stereocenters. The first kappa shape index (κ1) is 16.5. The van der Waals surface area contributed by atoms with Crippen molar-refractivity contribution in [2.45, 2.75) is 6.92 Å². The Bertz CT molecular complexity index is 787. The van der Waals surface area contributed by atoms with Crippen LogP contribution in [0.1, 0.15) is 31.8 Å². The van der Waals surface area contributed by atoms with Crippen LogP contribution in [0.3, 0.4) is 0 Å². The molecule has 0 heterocycles. The quantitative estimate of drug-likeness (QED) is 0.521. The van der Waals surface area contributed by atoms with Crippen LogP contribution in [-0.4, -0.2) is 26.3 Å². The molecular formula is C17H16FNO4. The van der Waals surface area contributed by atoms with Gasteiger partial charge in [0.1, 0.15) is 5.82 Å². The lowest BCUT2D eigenvalue weighted by atomic mass is 9.96. The van der Waals surface area contributed by atoms with E-state index in [1.165, 1.54) is 33.3 Å². The summed E-state index contributed by atoms with van der Waals surface area (Å²) in [5.41, 5.74) is 5.83. The van der Waals surface area contributed by atoms with Crippen LogP contribution < -0.4 is 15.2 Å². The molecule has 0 radical (unpaired) electrons. The lowest BCUT2D eigenvalue weighted by Crippen LogP contribution is -2.10. The molecule has 5 nitrogen and oxygen atoms in total. The minimum absolute atomic E-state index is 0.0290. The van der Waals surface area contributed by atoms with E-state index in [1.807, 2.05) is 0 Å². The van der Waals surface area contributed by atoms with E-state index < -0.39 is 11.6 Å². The third kappa shape index (κ3) is 2.88. The predicted molar refractivity (Wildman–Crippen MR) is 83.9 cm³/mol. The van der Waals surface area contributed by atoms with Crippen molar-refractivity contribution in [2.24, 2.45) is 0 Å². The summed E-state index contributed by atoms with van der Waals surface area (Å²) in [6, 6.07) is 5.65. The molecule has 2 N–H and O–H groups in total. The highest BCUT2D eigenvalue weighted by Crippen LogP contribution is 2.30. The zero-order valence-electron chi connectivity index (χ0n) is 13.0. The molecule has 0 aliphatic carbocycles. The van der Waals surface area contributed by atoms with Crippen molar-refractivity contribution < 1.29 is 23.5 Å². The summed E-state index contributed by atoms with van der Waals surface area (Å²) < 4.78 is 24.6. The van der Waals surface area contributed by atoms with Crippen molar-refractivity contribution >= 4 is 17.8 Å². The summed E-state index contributed by atoms with van der Waals surface area (Å²) in [6.07, 6.45) is 0.493. The molecule has 0 spiro atoms. The van der Waals surface area contributed by atoms with Crippen LogP contribution in [0.4, 0.5) is 10.1 Å². The molecule has 2 aromatic carbocycles. The fourth-order valence-electron chi connectivity index (χ4n) is 2.23. The maximum atomic E-state index is 14.4. The summed E-state index contributed by atoms with van der Waals surface area (Å²) in [5.74, 6) is -0.518. The highest BCUT2D eigenvalue weighted by molar-refractivity contribution is 6.10. The monoisotopic (exact) mass is 317 g/mol. The van der Waals surface area contributed by atoms with Gasteiger partial charge in [0.05, 0.1) is 19.8 Å². The second-order valence-electron chi connectivity index (χ2n) is 4.88. The minimum Gasteiger partial charge on any atom is -0.493 e. The van der Waals surface area contributed by atoms with Crippen molar-refractivity contribution in [3.63, 3.8) is 0 Å². The number of benzene rings is 2. The van der Waals surface area contributed by atoms with E-state index >= 15 is 0 Å². The highest BCUT2D eigenvalue weighted by Gasteiger charge is 2.21. The number of carbonyl (C=O) groups is 2. The van der Waals surface area contributed by atoms with Crippen LogP contribution in [0.25, 0.3) is 0 Å². The Balaban J connectivity index is 2.57. The van der Waals surface area contributed by atoms with E-state index in [1.54, 1.807) is 6.07 Å². The molecule has 0 saturated heterocycles. The van der Waals surface area contributed by atoms with E-state index in [0.29, 0.717) is 17.8 Å². The van der Waals surface area contributed by atoms with Crippen LogP contribution in [0.15, 0.2) is 24.3 Å². The number of halogens is 1. The number of hydrogen-bond acceptors (Lipinski definition) is 5. The van der Waals surface area contributed by atoms with Gasteiger partial charge in [-0.05, 0) is 31.2 Å². The average Bonchev–Trinajstić information content (AvgIpc) is 2.58. The Labute approximate surface area is 132 Å². The zero-order chi connectivity index (χ0) is 17.1. The van der Waals surface area contributed by atoms with Gasteiger partial charge in [0.15, 0.2) is 23.6 Å². The zero-order valence-corrected chi connectivity index (χ0v) is 13.0. The number of ether oxygens (including phenoxy) is 2. The van der Waals surface area contributed by atoms with Gasteiger partial charge in [-0.2, -0.15) is 0 Å². The lowest BCUT2D eigenvalue weighted by molar-refractivity contribution is 0.103. The van der Waals surface area contributed by atoms with Crippen molar-refractivity contribution in [1.82, 2.24) is 0 Å². The average molecular weight is 317 g/mol. The van der Waals surface area contributed by atoms with Crippen LogP contribution >= 0.6 is 0 Å². The first-order chi connectivity index (χ1) is 10.9. The minimum atomic E-state index is -0.743. The summed E-state index contributed by atoms with van der Waals surface area (Å²) in [5, 5.41) is 0. The number of aldehydes is 1. The molecule has 0 aromatic heterocycles. The Morgan fingerprint density at radius 1 is 1.17 bits per heavy atom. The van der Waals surface area contributed by atoms with E-state index in [9.17, 15) is 14.0 Å². The number of rotatable bonds is 5. The summed E-state index contributed by atoms with van der Waals surface area (Å²) in [4.78, 5) is 23.6. The van der Waals surface area contributed by atoms with Gasteiger partial charge in [0.2, 0.25) is 0 Å². The molecule has 0 aliphatic rings. The fourth-order valence-corrected chi connectivity index (χ4v) is 2.23. The largest absolute Gasteiger partial charge is 0.493 e. The molecule has 0 amide bonds. The first-order valence-corrected chi connectivity index (χ1v) is 6.75. The topological polar surface area (TPSA) is 78.6 Å². The SMILES string of the molecule is COc1ccc(C(=O)c2cc(C=O)c(N)c(C)c2F)cc1OC. The summed E-state index contributed by atoms with van der Waals surface area (Å²) in [7, 11) is 2.91. The standard InChI is InChI=1S/C17H16FNO4/c1-9-15(18)12(6-11(8-20)16(9)19)17(21)10-4-5-13(22-2)14(7-10)23-3/h4-8H,19H2,1-3H3. The normalized spacial score (nSPS) is 10.3. The van der Waals surface area contributed by atoms with Gasteiger partial charge in [0, 0.05) is 22.4 Å². The van der Waals surface area contributed by atoms with Crippen LogP contribution in [0.5, 0.6) is 11.5 Å². The van der Waals surface area contributed by atoms with Gasteiger partial charge in [-0.15, -0.1) is 0 Å². The van der Waals surface area contributed by atoms with E-state index in [-0.39, 0.29) is 27.9 Å². The predicted octanol–water partition coefficient (Wildman–Crippen LogP) is 2.78. The number of anilines is 1. The second kappa shape index (κ2) is 6.48. The number of ketones is 1. The highest BCUT2D eigenvalue weighted by atomic mass is 19.1. The number of hydrogen-bond donors (Lipinski definition) is 1. The molecule has 120 valence electrons. The Hall–Kier alpha value is -2.89. The Morgan fingerprint density at radius 2 is 1.83 bits per heavy atom. The van der Waals surface area contributed by atoms with Gasteiger partial charge in [-0.25, -0.2) is 4.39 Å². The lowest BCUT2D eigenvalue weighted by Gasteiger charge is -2.12. The fraction of sp³-hybridized carbons (Fsp3) is 0.176. The van der Waals surface area contributed by atoms with Gasteiger partial charge in [0.25, 0.3) is 0 Å². The number of nitrogens with two attached hydrogens (primary N) is 1. The van der Waals surface area contributed by atoms with Gasteiger partial charge >= 0.3 is 0 Å². The third-order valence-corrected chi connectivity index (χ3v) is 3.60. The molecule has 0 atom stereocenters. The van der Waals surface area contributed by atoms with E-state index in [0.717, 1.165) is 6.07 Å². The molecule has 0 bridgehead atoms. The van der Waals surface area contributed by atoms with Crippen molar-refractivity contribution in [3.05, 3.63) is 52.3 Å². The smallest absolute Gasteiger partial charge is 0.196 e. The molecule has 0 fully saturated rings. The third-order valence-electron chi connectivity index (χ3n) is 3.60. The number of methoxy groups -OCH3 is 2. The van der Waals surface area contributed by atoms with Gasteiger partial charge in [-0.3, -0.25) is 9.59 Å². The molecule has 2 aromatic rings. The molecule has 2 rings (SSSR count). The number of carbonyl (C=O) groups excluding carboxylic acids is 2. The Kier molecular flexibility index (Phi) is 4.64. The maximum Gasteiger partial charge on any atom is 0.196 e. The van der Waals surface area contributed by atoms with Crippen LogP contribution in [0.2, 0.25) is 0 Å². The van der Waals surface area contributed by atoms with E-state index in [2.05, 4.69) is 0 Å². The molecule has 23 heavy (non-hydrogen) atoms. The number of nitrogen functional groups attached to an aromatic ring is 1. The first-order valence-electron chi connectivity index (χ1n) is 6.75. The van der Waals surface area contributed by atoms with Crippen molar-refractivity contribution in [2.75, 3.05) is 20.0 Å². The van der Waals surface area contributed by atoms with Crippen LogP contribution in [-0.2, 0) is 0 Å². The van der Waals surface area contributed by atoms with E-state index in [4.69, 9.17) is 15.2 Å². The second-order valence-corrected chi connectivity index (χ2v) is 4.88. The van der Waals surface area contributed by atoms with Gasteiger partial charge in [-0.1, -0.05) is 0 Å². The molecule has 0 saturated carbocycles. The molecular weight excluding hydrogens is 301 g/mol. The van der Waals surface area contributed by atoms with Crippen molar-refractivity contribution in [1.29, 1.82) is 0 Å². The molecule has 6 heteroatoms. The van der Waals surface area contributed by atoms with Gasteiger partial charge < -0.3 is 15.2 Å². The molecule has 0 aliphatic heterocycles. The Morgan fingerprint density at radius 3 is 2.39 bits per heavy atom. The van der Waals surface area contributed by atoms with Crippen LogP contribution in [0, 0.1) is 12.7 Å². The summed E-state index contributed by atoms with van der Waals surface area (Å²) >= 11 is 0. The summed E-state index contributed by atoms with van der Waals surface area (Å²) in [6.45, 7) is 1.42. The maximum absolute atomic E-state index is 14.4. The van der Waals surface area contributed by atoms with Crippen molar-refractivity contribution in [3.8, 4) is 11.5 Å².